The number of hydrogen-bond acceptors (Lipinski definition) is 8. The van der Waals surface area contributed by atoms with E-state index in [1.165, 1.54) is 16.7 Å². The molecule has 5 rings (SSSR count). The van der Waals surface area contributed by atoms with Crippen molar-refractivity contribution in [2.45, 2.75) is 62.5 Å². The summed E-state index contributed by atoms with van der Waals surface area (Å²) in [5.41, 5.74) is 6.00. The van der Waals surface area contributed by atoms with E-state index in [9.17, 15) is 24.3 Å². The summed E-state index contributed by atoms with van der Waals surface area (Å²) in [5.74, 6) is -1.66. The van der Waals surface area contributed by atoms with Crippen LogP contribution in [0.4, 0.5) is 0 Å². The molecule has 36 heavy (non-hydrogen) atoms. The Morgan fingerprint density at radius 3 is 2.64 bits per heavy atom. The van der Waals surface area contributed by atoms with Crippen molar-refractivity contribution in [1.29, 1.82) is 0 Å². The number of fused-ring (bicyclic) bond motifs is 1. The molecule has 0 aliphatic carbocycles. The van der Waals surface area contributed by atoms with E-state index in [1.54, 1.807) is 0 Å². The Morgan fingerprint density at radius 1 is 1.28 bits per heavy atom. The van der Waals surface area contributed by atoms with Gasteiger partial charge in [-0.3, -0.25) is 14.4 Å². The number of thioether (sulfide) groups is 1. The number of aliphatic carboxylic acids is 1. The van der Waals surface area contributed by atoms with E-state index >= 15 is 0 Å². The fourth-order valence-electron chi connectivity index (χ4n) is 6.22. The van der Waals surface area contributed by atoms with Gasteiger partial charge in [0.1, 0.15) is 5.70 Å². The van der Waals surface area contributed by atoms with E-state index in [4.69, 9.17) is 5.73 Å². The summed E-state index contributed by atoms with van der Waals surface area (Å²) in [5, 5.41) is 19.4. The third-order valence-corrected chi connectivity index (χ3v) is 9.79. The molecular formula is C24H36N6O5S. The lowest BCUT2D eigenvalue weighted by atomic mass is 9.78. The Labute approximate surface area is 214 Å². The number of carboxylic acids is 1. The van der Waals surface area contributed by atoms with Gasteiger partial charge < -0.3 is 36.6 Å². The minimum Gasteiger partial charge on any atom is -0.477 e. The normalized spacial score (nSPS) is 34.9. The monoisotopic (exact) mass is 520 g/mol. The average Bonchev–Trinajstić information content (AvgIpc) is 3.49. The molecule has 5 heterocycles. The third-order valence-electron chi connectivity index (χ3n) is 8.28. The lowest BCUT2D eigenvalue weighted by Gasteiger charge is -2.47. The molecule has 11 nitrogen and oxygen atoms in total. The van der Waals surface area contributed by atoms with Gasteiger partial charge in [-0.2, -0.15) is 0 Å². The minimum absolute atomic E-state index is 0.0283. The van der Waals surface area contributed by atoms with Gasteiger partial charge in [-0.25, -0.2) is 4.79 Å². The lowest BCUT2D eigenvalue weighted by molar-refractivity contribution is -0.158. The van der Waals surface area contributed by atoms with Gasteiger partial charge in [0.05, 0.1) is 18.0 Å². The van der Waals surface area contributed by atoms with Gasteiger partial charge in [-0.15, -0.1) is 11.8 Å². The molecule has 5 aliphatic rings. The number of β-lactam (4-membered cyclic amide) rings is 1. The second kappa shape index (κ2) is 9.96. The first-order valence-electron chi connectivity index (χ1n) is 12.9. The summed E-state index contributed by atoms with van der Waals surface area (Å²) in [7, 11) is 0. The summed E-state index contributed by atoms with van der Waals surface area (Å²) >= 11 is 1.47. The number of nitrogens with zero attached hydrogens (tertiary/aromatic N) is 2. The highest BCUT2D eigenvalue weighted by molar-refractivity contribution is 8.03. The first-order valence-corrected chi connectivity index (χ1v) is 13.8. The van der Waals surface area contributed by atoms with Crippen molar-refractivity contribution in [1.82, 2.24) is 25.8 Å². The molecule has 1 unspecified atom stereocenters. The van der Waals surface area contributed by atoms with Crippen LogP contribution in [0.15, 0.2) is 10.6 Å². The van der Waals surface area contributed by atoms with E-state index in [0.717, 1.165) is 19.5 Å². The number of nitrogens with one attached hydrogen (secondary N) is 3. The number of rotatable bonds is 8. The molecule has 6 N–H and O–H groups in total. The highest BCUT2D eigenvalue weighted by Crippen LogP contribution is 2.51. The van der Waals surface area contributed by atoms with Crippen molar-refractivity contribution in [3.8, 4) is 0 Å². The van der Waals surface area contributed by atoms with Crippen LogP contribution in [0.3, 0.4) is 0 Å². The van der Waals surface area contributed by atoms with E-state index in [2.05, 4.69) is 16.0 Å². The second-order valence-electron chi connectivity index (χ2n) is 10.9. The van der Waals surface area contributed by atoms with Crippen LogP contribution in [0.5, 0.6) is 0 Å². The Bertz CT molecular complexity index is 986. The van der Waals surface area contributed by atoms with Gasteiger partial charge in [0.15, 0.2) is 0 Å². The topological polar surface area (TPSA) is 157 Å². The van der Waals surface area contributed by atoms with E-state index in [-0.39, 0.29) is 58.8 Å². The molecule has 5 aliphatic heterocycles. The molecule has 7 atom stereocenters. The fourth-order valence-corrected chi connectivity index (χ4v) is 7.70. The van der Waals surface area contributed by atoms with Gasteiger partial charge in [0.2, 0.25) is 17.7 Å². The number of carboxylic acid groups (broad SMARTS) is 1. The van der Waals surface area contributed by atoms with Crippen molar-refractivity contribution < 1.29 is 24.3 Å². The van der Waals surface area contributed by atoms with Crippen LogP contribution in [0.25, 0.3) is 0 Å². The van der Waals surface area contributed by atoms with Gasteiger partial charge in [-0.1, -0.05) is 6.92 Å². The molecule has 4 saturated heterocycles. The van der Waals surface area contributed by atoms with Crippen molar-refractivity contribution >= 4 is 35.5 Å². The Kier molecular flexibility index (Phi) is 7.05. The molecule has 0 aromatic heterocycles. The van der Waals surface area contributed by atoms with E-state index in [1.807, 2.05) is 18.7 Å². The zero-order chi connectivity index (χ0) is 25.7. The number of carbonyl (C=O) groups excluding carboxylic acids is 3. The first-order chi connectivity index (χ1) is 17.2. The van der Waals surface area contributed by atoms with Crippen LogP contribution in [-0.4, -0.2) is 101 Å². The predicted molar refractivity (Wildman–Crippen MR) is 133 cm³/mol. The van der Waals surface area contributed by atoms with Gasteiger partial charge in [-0.05, 0) is 38.8 Å². The number of likely N-dealkylation sites (tertiary alicyclic amines) is 1. The van der Waals surface area contributed by atoms with Crippen molar-refractivity contribution in [2.24, 2.45) is 23.5 Å². The third kappa shape index (κ3) is 4.52. The zero-order valence-corrected chi connectivity index (χ0v) is 21.6. The first kappa shape index (κ1) is 25.5. The van der Waals surface area contributed by atoms with E-state index in [0.29, 0.717) is 43.3 Å². The van der Waals surface area contributed by atoms with Crippen LogP contribution >= 0.6 is 11.8 Å². The van der Waals surface area contributed by atoms with Crippen LogP contribution in [-0.2, 0) is 19.2 Å². The largest absolute Gasteiger partial charge is 0.477 e. The molecule has 4 fully saturated rings. The van der Waals surface area contributed by atoms with Crippen molar-refractivity contribution in [3.05, 3.63) is 10.6 Å². The van der Waals surface area contributed by atoms with Crippen LogP contribution in [0.2, 0.25) is 0 Å². The summed E-state index contributed by atoms with van der Waals surface area (Å²) in [4.78, 5) is 54.5. The Morgan fingerprint density at radius 2 is 2.03 bits per heavy atom. The Hall–Kier alpha value is -2.15. The smallest absolute Gasteiger partial charge is 0.353 e. The minimum atomic E-state index is -1.11. The molecule has 0 bridgehead atoms. The summed E-state index contributed by atoms with van der Waals surface area (Å²) in [6, 6.07) is -0.931. The molecule has 0 aromatic carbocycles. The van der Waals surface area contributed by atoms with Crippen LogP contribution in [0, 0.1) is 17.8 Å². The highest BCUT2D eigenvalue weighted by Gasteiger charge is 2.60. The van der Waals surface area contributed by atoms with Crippen molar-refractivity contribution in [2.75, 3.05) is 32.7 Å². The number of carbonyl (C=O) groups is 4. The lowest BCUT2D eigenvalue weighted by Crippen LogP contribution is -2.66. The molecule has 0 spiro atoms. The van der Waals surface area contributed by atoms with Gasteiger partial charge in [0, 0.05) is 54.2 Å². The molecule has 0 radical (unpaired) electrons. The molecule has 12 heteroatoms. The number of hydrogen-bond donors (Lipinski definition) is 5. The molecular weight excluding hydrogens is 484 g/mol. The van der Waals surface area contributed by atoms with Crippen LogP contribution < -0.4 is 21.7 Å². The standard InChI is InChI=1S/C24H36N6O5S/c1-11-19-18(12(2)28-17(31)5-13-7-26-8-13)23(33)30(19)20(24(34)35)21(11)36-15-6-16(27-9-15)22(32)29-4-3-14(25)10-29/h11-16,18-19,26-27H,3-10,25H2,1-2H3,(H,28,31)(H,34,35)/t11-,12-,14?,15+,16+,18-,19-/m1/s1. The summed E-state index contributed by atoms with van der Waals surface area (Å²) < 4.78 is 0. The van der Waals surface area contributed by atoms with Gasteiger partial charge >= 0.3 is 5.97 Å². The second-order valence-corrected chi connectivity index (χ2v) is 12.2. The maximum absolute atomic E-state index is 13.1. The highest BCUT2D eigenvalue weighted by atomic mass is 32.2. The average molecular weight is 521 g/mol. The molecule has 0 saturated carbocycles. The number of amides is 3. The summed E-state index contributed by atoms with van der Waals surface area (Å²) in [6.07, 6.45) is 1.84. The Balaban J connectivity index is 1.23. The molecule has 3 amide bonds. The molecule has 0 aromatic rings. The molecule has 198 valence electrons. The maximum Gasteiger partial charge on any atom is 0.353 e. The summed E-state index contributed by atoms with van der Waals surface area (Å²) in [6.45, 7) is 7.29. The maximum atomic E-state index is 13.1. The van der Waals surface area contributed by atoms with E-state index < -0.39 is 11.9 Å². The predicted octanol–water partition coefficient (Wildman–Crippen LogP) is -1.10. The van der Waals surface area contributed by atoms with Crippen LogP contribution in [0.1, 0.15) is 33.1 Å². The van der Waals surface area contributed by atoms with Gasteiger partial charge in [0.25, 0.3) is 0 Å². The fraction of sp³-hybridized carbons (Fsp3) is 0.750. The SMILES string of the molecule is C[C@@H](NC(=O)CC1CNC1)[C@H]1C(=O)N2C(C(=O)O)=C(S[C@@H]3CN[C@H](C(=O)N4CCC(N)C4)C3)[C@H](C)[C@H]12. The quantitative estimate of drug-likeness (QED) is 0.251. The van der Waals surface area contributed by atoms with Crippen molar-refractivity contribution in [3.63, 3.8) is 0 Å². The zero-order valence-electron chi connectivity index (χ0n) is 20.7. The number of nitrogens with two attached hydrogens (primary N) is 1.